The zero-order valence-corrected chi connectivity index (χ0v) is 12.9. The number of nitrogen functional groups attached to an aromatic ring is 1. The summed E-state index contributed by atoms with van der Waals surface area (Å²) >= 11 is 0. The second-order valence-corrected chi connectivity index (χ2v) is 6.64. The summed E-state index contributed by atoms with van der Waals surface area (Å²) in [6.07, 6.45) is 0. The largest absolute Gasteiger partial charge is 0.397 e. The summed E-state index contributed by atoms with van der Waals surface area (Å²) < 4.78 is 40.7. The van der Waals surface area contributed by atoms with Gasteiger partial charge in [-0.1, -0.05) is 12.1 Å². The van der Waals surface area contributed by atoms with Crippen LogP contribution in [-0.2, 0) is 10.0 Å². The van der Waals surface area contributed by atoms with Crippen LogP contribution in [0, 0.1) is 26.6 Å². The Hall–Kier alpha value is -2.08. The number of sulfonamides is 1. The van der Waals surface area contributed by atoms with Crippen molar-refractivity contribution in [2.75, 3.05) is 10.5 Å². The molecule has 21 heavy (non-hydrogen) atoms. The number of hydrogen-bond acceptors (Lipinski definition) is 3. The van der Waals surface area contributed by atoms with E-state index in [-0.39, 0.29) is 4.90 Å². The van der Waals surface area contributed by atoms with Gasteiger partial charge in [-0.25, -0.2) is 12.8 Å². The molecule has 6 heteroatoms. The van der Waals surface area contributed by atoms with Crippen LogP contribution in [0.4, 0.5) is 15.8 Å². The lowest BCUT2D eigenvalue weighted by atomic mass is 10.1. The van der Waals surface area contributed by atoms with E-state index in [1.165, 1.54) is 12.1 Å². The van der Waals surface area contributed by atoms with Crippen molar-refractivity contribution in [3.05, 3.63) is 52.8 Å². The first-order valence-corrected chi connectivity index (χ1v) is 7.85. The average Bonchev–Trinajstić information content (AvgIpc) is 2.42. The standard InChI is InChI=1S/C15H17FN2O2S/c1-9-5-7-13(17)15(11(9)3)18-21(19,20)14-8-12(16)6-4-10(14)2/h4-8,18H,17H2,1-3H3. The summed E-state index contributed by atoms with van der Waals surface area (Å²) in [6, 6.07) is 7.10. The fourth-order valence-corrected chi connectivity index (χ4v) is 3.43. The van der Waals surface area contributed by atoms with E-state index in [0.29, 0.717) is 16.9 Å². The molecule has 0 aliphatic rings. The quantitative estimate of drug-likeness (QED) is 0.856. The third kappa shape index (κ3) is 3.00. The molecule has 0 unspecified atom stereocenters. The van der Waals surface area contributed by atoms with Gasteiger partial charge >= 0.3 is 0 Å². The van der Waals surface area contributed by atoms with Gasteiger partial charge in [-0.15, -0.1) is 0 Å². The van der Waals surface area contributed by atoms with Crippen molar-refractivity contribution in [3.8, 4) is 0 Å². The highest BCUT2D eigenvalue weighted by atomic mass is 32.2. The van der Waals surface area contributed by atoms with Crippen molar-refractivity contribution in [1.29, 1.82) is 0 Å². The zero-order valence-electron chi connectivity index (χ0n) is 12.1. The van der Waals surface area contributed by atoms with Crippen LogP contribution in [0.1, 0.15) is 16.7 Å². The van der Waals surface area contributed by atoms with Crippen molar-refractivity contribution in [2.24, 2.45) is 0 Å². The van der Waals surface area contributed by atoms with Gasteiger partial charge in [0.2, 0.25) is 0 Å². The van der Waals surface area contributed by atoms with Gasteiger partial charge in [0.15, 0.2) is 0 Å². The Morgan fingerprint density at radius 2 is 1.67 bits per heavy atom. The smallest absolute Gasteiger partial charge is 0.262 e. The summed E-state index contributed by atoms with van der Waals surface area (Å²) in [5.74, 6) is -0.602. The minimum absolute atomic E-state index is 0.0946. The molecular formula is C15H17FN2O2S. The molecule has 0 aliphatic heterocycles. The summed E-state index contributed by atoms with van der Waals surface area (Å²) in [6.45, 7) is 5.25. The highest BCUT2D eigenvalue weighted by molar-refractivity contribution is 7.92. The molecule has 0 atom stereocenters. The van der Waals surface area contributed by atoms with Crippen molar-refractivity contribution in [2.45, 2.75) is 25.7 Å². The number of anilines is 2. The third-order valence-electron chi connectivity index (χ3n) is 3.44. The van der Waals surface area contributed by atoms with E-state index < -0.39 is 15.8 Å². The maximum atomic E-state index is 13.3. The van der Waals surface area contributed by atoms with E-state index >= 15 is 0 Å². The van der Waals surface area contributed by atoms with Crippen molar-refractivity contribution < 1.29 is 12.8 Å². The lowest BCUT2D eigenvalue weighted by Gasteiger charge is -2.15. The number of nitrogens with one attached hydrogen (secondary N) is 1. The van der Waals surface area contributed by atoms with Crippen LogP contribution in [-0.4, -0.2) is 8.42 Å². The first kappa shape index (κ1) is 15.3. The molecule has 0 saturated heterocycles. The molecule has 0 bridgehead atoms. The van der Waals surface area contributed by atoms with Gasteiger partial charge in [-0.2, -0.15) is 0 Å². The van der Waals surface area contributed by atoms with Gasteiger partial charge in [0.05, 0.1) is 16.3 Å². The molecular weight excluding hydrogens is 291 g/mol. The summed E-state index contributed by atoms with van der Waals surface area (Å²) in [4.78, 5) is -0.0946. The molecule has 2 rings (SSSR count). The maximum Gasteiger partial charge on any atom is 0.262 e. The van der Waals surface area contributed by atoms with E-state index in [4.69, 9.17) is 5.73 Å². The molecule has 112 valence electrons. The first-order chi connectivity index (χ1) is 9.72. The number of hydrogen-bond donors (Lipinski definition) is 2. The van der Waals surface area contributed by atoms with E-state index in [1.807, 2.05) is 13.0 Å². The third-order valence-corrected chi connectivity index (χ3v) is 4.94. The summed E-state index contributed by atoms with van der Waals surface area (Å²) in [5, 5.41) is 0. The molecule has 0 heterocycles. The van der Waals surface area contributed by atoms with Gasteiger partial charge in [-0.05, 0) is 55.7 Å². The number of rotatable bonds is 3. The van der Waals surface area contributed by atoms with Crippen LogP contribution in [0.3, 0.4) is 0 Å². The fraction of sp³-hybridized carbons (Fsp3) is 0.200. The normalized spacial score (nSPS) is 11.4. The Kier molecular flexibility index (Phi) is 3.91. The van der Waals surface area contributed by atoms with Gasteiger partial charge in [0, 0.05) is 0 Å². The number of halogens is 1. The van der Waals surface area contributed by atoms with Gasteiger partial charge in [-0.3, -0.25) is 4.72 Å². The minimum atomic E-state index is -3.90. The molecule has 0 aliphatic carbocycles. The van der Waals surface area contributed by atoms with Crippen LogP contribution in [0.2, 0.25) is 0 Å². The predicted octanol–water partition coefficient (Wildman–Crippen LogP) is 3.13. The maximum absolute atomic E-state index is 13.3. The van der Waals surface area contributed by atoms with Gasteiger partial charge in [0.1, 0.15) is 5.82 Å². The number of aryl methyl sites for hydroxylation is 2. The molecule has 0 aromatic heterocycles. The molecule has 0 fully saturated rings. The van der Waals surface area contributed by atoms with Crippen LogP contribution in [0.5, 0.6) is 0 Å². The van der Waals surface area contributed by atoms with Crippen LogP contribution >= 0.6 is 0 Å². The average molecular weight is 308 g/mol. The first-order valence-electron chi connectivity index (χ1n) is 6.37. The predicted molar refractivity (Wildman–Crippen MR) is 82.3 cm³/mol. The van der Waals surface area contributed by atoms with E-state index in [2.05, 4.69) is 4.72 Å². The minimum Gasteiger partial charge on any atom is -0.397 e. The van der Waals surface area contributed by atoms with Crippen LogP contribution < -0.4 is 10.5 Å². The Morgan fingerprint density at radius 1 is 1.05 bits per heavy atom. The second kappa shape index (κ2) is 5.37. The molecule has 3 N–H and O–H groups in total. The monoisotopic (exact) mass is 308 g/mol. The Labute approximate surface area is 123 Å². The lowest BCUT2D eigenvalue weighted by molar-refractivity contribution is 0.594. The van der Waals surface area contributed by atoms with Crippen molar-refractivity contribution >= 4 is 21.4 Å². The SMILES string of the molecule is Cc1ccc(F)cc1S(=O)(=O)Nc1c(N)ccc(C)c1C. The Morgan fingerprint density at radius 3 is 2.33 bits per heavy atom. The summed E-state index contributed by atoms with van der Waals surface area (Å²) in [7, 11) is -3.90. The number of nitrogens with two attached hydrogens (primary N) is 1. The van der Waals surface area contributed by atoms with E-state index in [1.54, 1.807) is 19.9 Å². The van der Waals surface area contributed by atoms with E-state index in [0.717, 1.165) is 17.2 Å². The fourth-order valence-electron chi connectivity index (χ4n) is 2.03. The molecule has 0 spiro atoms. The van der Waals surface area contributed by atoms with Crippen LogP contribution in [0.25, 0.3) is 0 Å². The summed E-state index contributed by atoms with van der Waals surface area (Å²) in [5.41, 5.74) is 8.63. The molecule has 2 aromatic carbocycles. The van der Waals surface area contributed by atoms with Gasteiger partial charge in [0.25, 0.3) is 10.0 Å². The highest BCUT2D eigenvalue weighted by Gasteiger charge is 2.20. The molecule has 0 saturated carbocycles. The topological polar surface area (TPSA) is 72.2 Å². The lowest BCUT2D eigenvalue weighted by Crippen LogP contribution is -2.16. The molecule has 4 nitrogen and oxygen atoms in total. The van der Waals surface area contributed by atoms with Crippen molar-refractivity contribution in [3.63, 3.8) is 0 Å². The Bertz CT molecular complexity index is 802. The highest BCUT2D eigenvalue weighted by Crippen LogP contribution is 2.29. The molecule has 2 aromatic rings. The van der Waals surface area contributed by atoms with Crippen molar-refractivity contribution in [1.82, 2.24) is 0 Å². The Balaban J connectivity index is 2.53. The van der Waals surface area contributed by atoms with Gasteiger partial charge < -0.3 is 5.73 Å². The zero-order chi connectivity index (χ0) is 15.8. The van der Waals surface area contributed by atoms with Crippen LogP contribution in [0.15, 0.2) is 35.2 Å². The molecule has 0 amide bonds. The van der Waals surface area contributed by atoms with E-state index in [9.17, 15) is 12.8 Å². The second-order valence-electron chi connectivity index (χ2n) is 4.99. The number of benzene rings is 2. The molecule has 0 radical (unpaired) electrons.